The molecule has 0 saturated carbocycles. The zero-order valence-corrected chi connectivity index (χ0v) is 15.6. The van der Waals surface area contributed by atoms with E-state index in [1.165, 1.54) is 0 Å². The van der Waals surface area contributed by atoms with Crippen LogP contribution in [0, 0.1) is 0 Å². The van der Waals surface area contributed by atoms with Gasteiger partial charge in [-0.05, 0) is 41.0 Å². The summed E-state index contributed by atoms with van der Waals surface area (Å²) in [6.45, 7) is 11.4. The van der Waals surface area contributed by atoms with Gasteiger partial charge in [0.15, 0.2) is 5.79 Å². The topological polar surface area (TPSA) is 74.3 Å². The number of carbonyl (C=O) groups excluding carboxylic acids is 2. The largest absolute Gasteiger partial charge is 0.466 e. The molecule has 1 aliphatic heterocycles. The molecule has 0 aromatic heterocycles. The first-order valence-corrected chi connectivity index (χ1v) is 8.57. The van der Waals surface area contributed by atoms with E-state index in [2.05, 4.69) is 0 Å². The van der Waals surface area contributed by atoms with Crippen molar-refractivity contribution in [3.8, 4) is 0 Å². The monoisotopic (exact) mass is 345 g/mol. The minimum atomic E-state index is -0.583. The van der Waals surface area contributed by atoms with Crippen LogP contribution in [-0.2, 0) is 23.7 Å². The van der Waals surface area contributed by atoms with Crippen molar-refractivity contribution in [2.24, 2.45) is 0 Å². The Bertz CT molecular complexity index is 412. The summed E-state index contributed by atoms with van der Waals surface area (Å²) in [6.07, 6.45) is 1.09. The predicted octanol–water partition coefficient (Wildman–Crippen LogP) is 2.72. The SMILES string of the molecule is CCOC(=O)CCN(CCCC1(C)OCCO1)C(=O)OC(C)(C)C. The fraction of sp³-hybridized carbons (Fsp3) is 0.882. The molecule has 1 rings (SSSR count). The van der Waals surface area contributed by atoms with E-state index in [1.807, 2.05) is 27.7 Å². The van der Waals surface area contributed by atoms with Crippen molar-refractivity contribution in [2.45, 2.75) is 65.3 Å². The quantitative estimate of drug-likeness (QED) is 0.630. The van der Waals surface area contributed by atoms with Gasteiger partial charge in [0.2, 0.25) is 0 Å². The molecule has 1 amide bonds. The van der Waals surface area contributed by atoms with Gasteiger partial charge in [-0.1, -0.05) is 0 Å². The van der Waals surface area contributed by atoms with Crippen LogP contribution >= 0.6 is 0 Å². The van der Waals surface area contributed by atoms with Crippen LogP contribution in [0.15, 0.2) is 0 Å². The zero-order valence-electron chi connectivity index (χ0n) is 15.6. The standard InChI is InChI=1S/C17H31NO6/c1-6-21-14(19)8-11-18(15(20)24-16(2,3)4)10-7-9-17(5)22-12-13-23-17/h6-13H2,1-5H3. The second-order valence-corrected chi connectivity index (χ2v) is 6.96. The Hall–Kier alpha value is -1.34. The van der Waals surface area contributed by atoms with Crippen LogP contribution < -0.4 is 0 Å². The average Bonchev–Trinajstić information content (AvgIpc) is 2.88. The van der Waals surface area contributed by atoms with Gasteiger partial charge in [0.05, 0.1) is 26.2 Å². The molecule has 24 heavy (non-hydrogen) atoms. The van der Waals surface area contributed by atoms with Crippen molar-refractivity contribution < 1.29 is 28.5 Å². The molecule has 0 aliphatic carbocycles. The van der Waals surface area contributed by atoms with Crippen LogP contribution in [0.3, 0.4) is 0 Å². The highest BCUT2D eigenvalue weighted by Crippen LogP contribution is 2.24. The molecular formula is C17H31NO6. The Morgan fingerprint density at radius 2 is 1.79 bits per heavy atom. The maximum Gasteiger partial charge on any atom is 0.410 e. The Kier molecular flexibility index (Phi) is 7.96. The third-order valence-corrected chi connectivity index (χ3v) is 3.50. The van der Waals surface area contributed by atoms with Crippen molar-refractivity contribution in [3.05, 3.63) is 0 Å². The van der Waals surface area contributed by atoms with E-state index in [0.717, 1.165) is 0 Å². The van der Waals surface area contributed by atoms with Gasteiger partial charge in [0.25, 0.3) is 0 Å². The first-order chi connectivity index (χ1) is 11.2. The van der Waals surface area contributed by atoms with E-state index in [-0.39, 0.29) is 18.9 Å². The smallest absolute Gasteiger partial charge is 0.410 e. The van der Waals surface area contributed by atoms with E-state index >= 15 is 0 Å². The summed E-state index contributed by atoms with van der Waals surface area (Å²) >= 11 is 0. The molecule has 140 valence electrons. The van der Waals surface area contributed by atoms with E-state index < -0.39 is 17.5 Å². The number of ether oxygens (including phenoxy) is 4. The first kappa shape index (κ1) is 20.7. The second kappa shape index (κ2) is 9.22. The van der Waals surface area contributed by atoms with Crippen LogP contribution in [0.5, 0.6) is 0 Å². The molecule has 0 bridgehead atoms. The van der Waals surface area contributed by atoms with Crippen LogP contribution in [0.2, 0.25) is 0 Å². The minimum Gasteiger partial charge on any atom is -0.466 e. The summed E-state index contributed by atoms with van der Waals surface area (Å²) in [7, 11) is 0. The highest BCUT2D eigenvalue weighted by atomic mass is 16.7. The molecule has 0 aromatic rings. The van der Waals surface area contributed by atoms with Gasteiger partial charge in [0, 0.05) is 19.5 Å². The van der Waals surface area contributed by atoms with Gasteiger partial charge in [0.1, 0.15) is 5.60 Å². The predicted molar refractivity (Wildman–Crippen MR) is 88.6 cm³/mol. The summed E-state index contributed by atoms with van der Waals surface area (Å²) in [5.74, 6) is -0.902. The highest BCUT2D eigenvalue weighted by molar-refractivity contribution is 5.72. The van der Waals surface area contributed by atoms with Crippen LogP contribution in [0.1, 0.15) is 53.9 Å². The van der Waals surface area contributed by atoms with Crippen molar-refractivity contribution in [2.75, 3.05) is 32.9 Å². The number of nitrogens with zero attached hydrogens (tertiary/aromatic N) is 1. The zero-order chi connectivity index (χ0) is 18.2. The molecule has 0 radical (unpaired) electrons. The number of carbonyl (C=O) groups is 2. The second-order valence-electron chi connectivity index (χ2n) is 6.96. The number of hydrogen-bond donors (Lipinski definition) is 0. The van der Waals surface area contributed by atoms with Crippen LogP contribution in [0.25, 0.3) is 0 Å². The molecule has 0 spiro atoms. The van der Waals surface area contributed by atoms with Gasteiger partial charge >= 0.3 is 12.1 Å². The summed E-state index contributed by atoms with van der Waals surface area (Å²) in [6, 6.07) is 0. The maximum absolute atomic E-state index is 12.3. The molecule has 1 fully saturated rings. The van der Waals surface area contributed by atoms with Crippen molar-refractivity contribution in [3.63, 3.8) is 0 Å². The van der Waals surface area contributed by atoms with Crippen LogP contribution in [-0.4, -0.2) is 61.3 Å². The third-order valence-electron chi connectivity index (χ3n) is 3.50. The average molecular weight is 345 g/mol. The lowest BCUT2D eigenvalue weighted by Gasteiger charge is -2.28. The molecule has 7 nitrogen and oxygen atoms in total. The summed E-state index contributed by atoms with van der Waals surface area (Å²) in [4.78, 5) is 25.4. The molecule has 1 heterocycles. The van der Waals surface area contributed by atoms with Gasteiger partial charge < -0.3 is 23.8 Å². The van der Waals surface area contributed by atoms with E-state index in [1.54, 1.807) is 11.8 Å². The fourth-order valence-electron chi connectivity index (χ4n) is 2.37. The summed E-state index contributed by atoms with van der Waals surface area (Å²) in [5, 5.41) is 0. The van der Waals surface area contributed by atoms with Gasteiger partial charge in [-0.15, -0.1) is 0 Å². The molecule has 0 unspecified atom stereocenters. The van der Waals surface area contributed by atoms with E-state index in [4.69, 9.17) is 18.9 Å². The molecule has 7 heteroatoms. The lowest BCUT2D eigenvalue weighted by Crippen LogP contribution is -2.39. The molecule has 1 saturated heterocycles. The highest BCUT2D eigenvalue weighted by Gasteiger charge is 2.31. The Morgan fingerprint density at radius 3 is 2.33 bits per heavy atom. The number of hydrogen-bond acceptors (Lipinski definition) is 6. The Balaban J connectivity index is 2.52. The lowest BCUT2D eigenvalue weighted by molar-refractivity contribution is -0.148. The molecule has 0 aromatic carbocycles. The Morgan fingerprint density at radius 1 is 1.17 bits per heavy atom. The molecule has 0 atom stereocenters. The summed E-state index contributed by atoms with van der Waals surface area (Å²) in [5.41, 5.74) is -0.580. The van der Waals surface area contributed by atoms with Gasteiger partial charge in [-0.2, -0.15) is 0 Å². The van der Waals surface area contributed by atoms with Crippen LogP contribution in [0.4, 0.5) is 4.79 Å². The number of amides is 1. The van der Waals surface area contributed by atoms with Crippen molar-refractivity contribution in [1.82, 2.24) is 4.90 Å². The van der Waals surface area contributed by atoms with Gasteiger partial charge in [-0.3, -0.25) is 4.79 Å². The van der Waals surface area contributed by atoms with E-state index in [9.17, 15) is 9.59 Å². The summed E-state index contributed by atoms with van der Waals surface area (Å²) < 4.78 is 21.5. The van der Waals surface area contributed by atoms with Crippen molar-refractivity contribution in [1.29, 1.82) is 0 Å². The molecule has 1 aliphatic rings. The normalized spacial score (nSPS) is 16.7. The minimum absolute atomic E-state index is 0.150. The number of esters is 1. The van der Waals surface area contributed by atoms with Crippen molar-refractivity contribution >= 4 is 12.1 Å². The number of rotatable bonds is 8. The third kappa shape index (κ3) is 7.97. The lowest BCUT2D eigenvalue weighted by atomic mass is 10.1. The molecular weight excluding hydrogens is 314 g/mol. The maximum atomic E-state index is 12.3. The first-order valence-electron chi connectivity index (χ1n) is 8.57. The molecule has 0 N–H and O–H groups in total. The fourth-order valence-corrected chi connectivity index (χ4v) is 2.37. The van der Waals surface area contributed by atoms with E-state index in [0.29, 0.717) is 39.2 Å². The Labute approximate surface area is 144 Å². The van der Waals surface area contributed by atoms with Gasteiger partial charge in [-0.25, -0.2) is 4.79 Å².